The molecule has 1 atom stereocenters. The molecule has 1 aliphatic heterocycles. The highest BCUT2D eigenvalue weighted by atomic mass is 32.2. The smallest absolute Gasteiger partial charge is 0.265 e. The molecule has 1 aliphatic rings. The molecule has 32 heavy (non-hydrogen) atoms. The molecular formula is C24H18FN3O3S. The minimum absolute atomic E-state index is 0.104. The second kappa shape index (κ2) is 9.54. The van der Waals surface area contributed by atoms with Crippen molar-refractivity contribution >= 4 is 29.3 Å². The lowest BCUT2D eigenvalue weighted by molar-refractivity contribution is -0.117. The summed E-state index contributed by atoms with van der Waals surface area (Å²) in [5, 5.41) is 12.1. The van der Waals surface area contributed by atoms with Crippen LogP contribution in [0.1, 0.15) is 11.3 Å². The van der Waals surface area contributed by atoms with Gasteiger partial charge in [-0.25, -0.2) is 4.39 Å². The van der Waals surface area contributed by atoms with E-state index in [0.29, 0.717) is 17.9 Å². The maximum absolute atomic E-state index is 13.5. The van der Waals surface area contributed by atoms with Gasteiger partial charge in [0.1, 0.15) is 28.2 Å². The van der Waals surface area contributed by atoms with Crippen LogP contribution in [0.15, 0.2) is 88.0 Å². The third-order valence-electron chi connectivity index (χ3n) is 4.86. The molecule has 0 spiro atoms. The van der Waals surface area contributed by atoms with E-state index in [4.69, 9.17) is 4.42 Å². The van der Waals surface area contributed by atoms with E-state index in [9.17, 15) is 19.2 Å². The molecule has 1 saturated heterocycles. The van der Waals surface area contributed by atoms with Gasteiger partial charge >= 0.3 is 0 Å². The van der Waals surface area contributed by atoms with Crippen LogP contribution >= 0.6 is 11.8 Å². The van der Waals surface area contributed by atoms with E-state index >= 15 is 0 Å². The Morgan fingerprint density at radius 1 is 1.12 bits per heavy atom. The summed E-state index contributed by atoms with van der Waals surface area (Å²) in [5.41, 5.74) is 1.16. The molecule has 8 heteroatoms. The van der Waals surface area contributed by atoms with Crippen molar-refractivity contribution in [3.8, 4) is 6.07 Å². The molecule has 1 aromatic heterocycles. The quantitative estimate of drug-likeness (QED) is 0.453. The van der Waals surface area contributed by atoms with Gasteiger partial charge in [0.2, 0.25) is 5.91 Å². The number of nitrogens with zero attached hydrogens (tertiary/aromatic N) is 2. The van der Waals surface area contributed by atoms with Crippen LogP contribution in [0.3, 0.4) is 0 Å². The second-order valence-corrected chi connectivity index (χ2v) is 8.19. The summed E-state index contributed by atoms with van der Waals surface area (Å²) in [7, 11) is 0. The fourth-order valence-electron chi connectivity index (χ4n) is 3.31. The number of halogens is 1. The molecule has 0 radical (unpaired) electrons. The summed E-state index contributed by atoms with van der Waals surface area (Å²) in [6, 6.07) is 20.2. The lowest BCUT2D eigenvalue weighted by Gasteiger charge is -2.18. The van der Waals surface area contributed by atoms with Crippen LogP contribution in [-0.2, 0) is 22.6 Å². The van der Waals surface area contributed by atoms with Gasteiger partial charge in [0, 0.05) is 5.69 Å². The van der Waals surface area contributed by atoms with Gasteiger partial charge in [0.25, 0.3) is 5.91 Å². The molecule has 3 aromatic rings. The fourth-order valence-corrected chi connectivity index (χ4v) is 4.62. The van der Waals surface area contributed by atoms with E-state index in [1.54, 1.807) is 12.1 Å². The van der Waals surface area contributed by atoms with Crippen molar-refractivity contribution < 1.29 is 18.4 Å². The highest BCUT2D eigenvalue weighted by molar-refractivity contribution is 8.05. The third-order valence-corrected chi connectivity index (χ3v) is 6.12. The lowest BCUT2D eigenvalue weighted by atomic mass is 10.1. The van der Waals surface area contributed by atoms with Gasteiger partial charge in [0.15, 0.2) is 0 Å². The number of rotatable bonds is 6. The van der Waals surface area contributed by atoms with Gasteiger partial charge in [-0.1, -0.05) is 42.1 Å². The van der Waals surface area contributed by atoms with Crippen LogP contribution in [0.2, 0.25) is 0 Å². The maximum Gasteiger partial charge on any atom is 0.265 e. The molecule has 1 fully saturated rings. The van der Waals surface area contributed by atoms with Crippen molar-refractivity contribution in [3.63, 3.8) is 0 Å². The van der Waals surface area contributed by atoms with Gasteiger partial charge in [-0.3, -0.25) is 14.5 Å². The Balaban J connectivity index is 1.67. The molecule has 2 amide bonds. The average Bonchev–Trinajstić information content (AvgIpc) is 3.43. The van der Waals surface area contributed by atoms with Gasteiger partial charge in [-0.05, 0) is 48.4 Å². The number of nitrogens with one attached hydrogen (secondary N) is 1. The summed E-state index contributed by atoms with van der Waals surface area (Å²) in [6.45, 7) is 0.104. The van der Waals surface area contributed by atoms with Gasteiger partial charge in [-0.15, -0.1) is 0 Å². The van der Waals surface area contributed by atoms with E-state index in [0.717, 1.165) is 17.3 Å². The topological polar surface area (TPSA) is 86.3 Å². The van der Waals surface area contributed by atoms with Gasteiger partial charge in [-0.2, -0.15) is 5.26 Å². The number of nitriles is 1. The Morgan fingerprint density at radius 3 is 2.53 bits per heavy atom. The van der Waals surface area contributed by atoms with Crippen molar-refractivity contribution in [2.75, 3.05) is 4.90 Å². The molecule has 0 saturated carbocycles. The zero-order valence-corrected chi connectivity index (χ0v) is 17.6. The number of anilines is 1. The van der Waals surface area contributed by atoms with E-state index in [2.05, 4.69) is 5.32 Å². The Morgan fingerprint density at radius 2 is 1.88 bits per heavy atom. The highest BCUT2D eigenvalue weighted by Gasteiger charge is 2.40. The Bertz CT molecular complexity index is 1190. The van der Waals surface area contributed by atoms with Gasteiger partial charge in [0.05, 0.1) is 18.1 Å². The zero-order valence-electron chi connectivity index (χ0n) is 16.8. The van der Waals surface area contributed by atoms with Crippen molar-refractivity contribution in [3.05, 3.63) is 101 Å². The van der Waals surface area contributed by atoms with Crippen molar-refractivity contribution in [1.82, 2.24) is 5.32 Å². The lowest BCUT2D eigenvalue weighted by Crippen LogP contribution is -2.32. The predicted molar refractivity (Wildman–Crippen MR) is 119 cm³/mol. The molecule has 2 heterocycles. The van der Waals surface area contributed by atoms with Gasteiger partial charge < -0.3 is 9.73 Å². The molecule has 0 bridgehead atoms. The summed E-state index contributed by atoms with van der Waals surface area (Å²) in [4.78, 5) is 27.5. The largest absolute Gasteiger partial charge is 0.467 e. The number of carbonyl (C=O) groups excluding carboxylic acids is 2. The molecule has 2 aromatic carbocycles. The molecule has 1 unspecified atom stereocenters. The predicted octanol–water partition coefficient (Wildman–Crippen LogP) is 4.16. The number of hydrogen-bond acceptors (Lipinski definition) is 5. The molecule has 1 N–H and O–H groups in total. The van der Waals surface area contributed by atoms with Crippen LogP contribution in [-0.4, -0.2) is 17.1 Å². The second-order valence-electron chi connectivity index (χ2n) is 7.00. The normalized spacial score (nSPS) is 17.2. The standard InChI is InChI=1S/C24H18FN3O3S/c25-17-8-10-18(11-9-17)28-23(30)21(13-16-5-2-1-3-6-16)32-24(28)20(14-26)22(29)27-15-19-7-4-12-31-19/h1-12,21H,13,15H2,(H,27,29). The summed E-state index contributed by atoms with van der Waals surface area (Å²) in [6.07, 6.45) is 1.92. The maximum atomic E-state index is 13.5. The third kappa shape index (κ3) is 4.58. The minimum Gasteiger partial charge on any atom is -0.467 e. The Labute approximate surface area is 188 Å². The number of benzene rings is 2. The monoisotopic (exact) mass is 447 g/mol. The first-order valence-electron chi connectivity index (χ1n) is 9.82. The zero-order chi connectivity index (χ0) is 22.5. The SMILES string of the molecule is N#CC(C(=O)NCc1ccco1)=C1SC(Cc2ccccc2)C(=O)N1c1ccc(F)cc1. The number of amides is 2. The van der Waals surface area contributed by atoms with Crippen molar-refractivity contribution in [2.45, 2.75) is 18.2 Å². The highest BCUT2D eigenvalue weighted by Crippen LogP contribution is 2.41. The van der Waals surface area contributed by atoms with E-state index < -0.39 is 17.0 Å². The number of hydrogen-bond donors (Lipinski definition) is 1. The van der Waals surface area contributed by atoms with Crippen LogP contribution in [0.25, 0.3) is 0 Å². The minimum atomic E-state index is -0.619. The number of thioether (sulfide) groups is 1. The van der Waals surface area contributed by atoms with Crippen LogP contribution in [0.5, 0.6) is 0 Å². The first-order chi connectivity index (χ1) is 15.6. The van der Waals surface area contributed by atoms with Crippen molar-refractivity contribution in [1.29, 1.82) is 5.26 Å². The first kappa shape index (κ1) is 21.4. The van der Waals surface area contributed by atoms with Crippen LogP contribution < -0.4 is 10.2 Å². The van der Waals surface area contributed by atoms with Crippen molar-refractivity contribution in [2.24, 2.45) is 0 Å². The molecule has 160 valence electrons. The Kier molecular flexibility index (Phi) is 6.38. The average molecular weight is 447 g/mol. The molecule has 6 nitrogen and oxygen atoms in total. The van der Waals surface area contributed by atoms with Crippen LogP contribution in [0, 0.1) is 17.1 Å². The van der Waals surface area contributed by atoms with E-state index in [1.165, 1.54) is 35.4 Å². The first-order valence-corrected chi connectivity index (χ1v) is 10.7. The van der Waals surface area contributed by atoms with E-state index in [1.807, 2.05) is 36.4 Å². The van der Waals surface area contributed by atoms with E-state index in [-0.39, 0.29) is 23.1 Å². The van der Waals surface area contributed by atoms with Crippen LogP contribution in [0.4, 0.5) is 10.1 Å². The summed E-state index contributed by atoms with van der Waals surface area (Å²) < 4.78 is 18.7. The molecule has 4 rings (SSSR count). The molecule has 0 aliphatic carbocycles. The fraction of sp³-hybridized carbons (Fsp3) is 0.125. The summed E-state index contributed by atoms with van der Waals surface area (Å²) in [5.74, 6) is -0.803. The Hall–Kier alpha value is -3.83. The summed E-state index contributed by atoms with van der Waals surface area (Å²) >= 11 is 1.16. The number of carbonyl (C=O) groups is 2. The number of furan rings is 1. The molecular weight excluding hydrogens is 429 g/mol.